The monoisotopic (exact) mass is 499 g/mol. The maximum atomic E-state index is 13.8. The Balaban J connectivity index is 1.83. The first-order valence-electron chi connectivity index (χ1n) is 11.3. The van der Waals surface area contributed by atoms with E-state index in [-0.39, 0.29) is 29.2 Å². The van der Waals surface area contributed by atoms with E-state index in [0.29, 0.717) is 22.7 Å². The van der Waals surface area contributed by atoms with Crippen molar-refractivity contribution < 1.29 is 18.7 Å². The first kappa shape index (κ1) is 23.7. The van der Waals surface area contributed by atoms with Crippen molar-refractivity contribution in [1.29, 1.82) is 0 Å². The zero-order valence-corrected chi connectivity index (χ0v) is 20.0. The van der Waals surface area contributed by atoms with Gasteiger partial charge in [-0.25, -0.2) is 23.7 Å². The van der Waals surface area contributed by atoms with Crippen LogP contribution in [0.25, 0.3) is 28.2 Å². The molecule has 0 aliphatic carbocycles. The van der Waals surface area contributed by atoms with Gasteiger partial charge in [0.15, 0.2) is 28.7 Å². The molecule has 37 heavy (non-hydrogen) atoms. The zero-order chi connectivity index (χ0) is 26.1. The Hall–Kier alpha value is -4.99. The largest absolute Gasteiger partial charge is 0.493 e. The van der Waals surface area contributed by atoms with Crippen LogP contribution in [0.15, 0.2) is 77.6 Å². The topological polar surface area (TPSA) is 114 Å². The van der Waals surface area contributed by atoms with Gasteiger partial charge in [-0.05, 0) is 48.0 Å². The van der Waals surface area contributed by atoms with Crippen LogP contribution >= 0.6 is 0 Å². The number of carbonyl (C=O) groups excluding carboxylic acids is 1. The highest BCUT2D eigenvalue weighted by molar-refractivity contribution is 6.02. The highest BCUT2D eigenvalue weighted by Gasteiger charge is 2.25. The molecule has 0 radical (unpaired) electrons. The van der Waals surface area contributed by atoms with Crippen LogP contribution in [0.4, 0.5) is 4.39 Å². The molecule has 3 aromatic carbocycles. The molecule has 0 aliphatic rings. The van der Waals surface area contributed by atoms with Crippen LogP contribution in [-0.2, 0) is 6.54 Å². The molecule has 2 heterocycles. The van der Waals surface area contributed by atoms with Gasteiger partial charge in [0.25, 0.3) is 5.91 Å². The van der Waals surface area contributed by atoms with Crippen LogP contribution < -0.4 is 20.9 Å². The quantitative estimate of drug-likeness (QED) is 0.366. The number of hydrogen-bond acceptors (Lipinski definition) is 6. The van der Waals surface area contributed by atoms with Crippen molar-refractivity contribution in [2.24, 2.45) is 5.73 Å². The Bertz CT molecular complexity index is 1680. The second kappa shape index (κ2) is 9.57. The van der Waals surface area contributed by atoms with Crippen molar-refractivity contribution in [3.05, 3.63) is 100 Å². The number of fused-ring (bicyclic) bond motifs is 1. The maximum Gasteiger partial charge on any atom is 0.335 e. The van der Waals surface area contributed by atoms with Gasteiger partial charge in [-0.2, -0.15) is 0 Å². The Morgan fingerprint density at radius 2 is 1.65 bits per heavy atom. The summed E-state index contributed by atoms with van der Waals surface area (Å²) in [6.07, 6.45) is 0. The Kier molecular flexibility index (Phi) is 6.14. The molecule has 10 heteroatoms. The summed E-state index contributed by atoms with van der Waals surface area (Å²) in [5.74, 6) is -0.202. The Labute approximate surface area is 210 Å². The molecule has 0 spiro atoms. The number of imidazole rings is 1. The average molecular weight is 500 g/mol. The van der Waals surface area contributed by atoms with Crippen molar-refractivity contribution >= 4 is 17.1 Å². The van der Waals surface area contributed by atoms with Gasteiger partial charge in [0.05, 0.1) is 26.5 Å². The van der Waals surface area contributed by atoms with Crippen molar-refractivity contribution in [1.82, 2.24) is 19.1 Å². The van der Waals surface area contributed by atoms with Crippen molar-refractivity contribution in [3.8, 4) is 28.6 Å². The zero-order valence-electron chi connectivity index (χ0n) is 20.0. The van der Waals surface area contributed by atoms with E-state index in [0.717, 1.165) is 5.56 Å². The highest BCUT2D eigenvalue weighted by Crippen LogP contribution is 2.32. The number of carbonyl (C=O) groups is 1. The molecule has 5 aromatic rings. The summed E-state index contributed by atoms with van der Waals surface area (Å²) in [5, 5.41) is 0. The number of primary amides is 1. The van der Waals surface area contributed by atoms with Crippen LogP contribution in [0.5, 0.6) is 11.5 Å². The van der Waals surface area contributed by atoms with Gasteiger partial charge in [-0.15, -0.1) is 0 Å². The Morgan fingerprint density at radius 1 is 0.946 bits per heavy atom. The summed E-state index contributed by atoms with van der Waals surface area (Å²) in [6.45, 7) is 0.143. The molecule has 0 unspecified atom stereocenters. The molecule has 1 amide bonds. The predicted octanol–water partition coefficient (Wildman–Crippen LogP) is 3.55. The molecule has 2 aromatic heterocycles. The minimum atomic E-state index is -0.827. The molecule has 5 rings (SSSR count). The number of amides is 1. The lowest BCUT2D eigenvalue weighted by molar-refractivity contribution is 0.0997. The second-order valence-electron chi connectivity index (χ2n) is 8.17. The second-order valence-corrected chi connectivity index (χ2v) is 8.17. The molecule has 0 atom stereocenters. The van der Waals surface area contributed by atoms with E-state index in [4.69, 9.17) is 15.2 Å². The molecule has 0 saturated carbocycles. The van der Waals surface area contributed by atoms with Crippen molar-refractivity contribution in [2.45, 2.75) is 6.54 Å². The number of aromatic nitrogens is 4. The lowest BCUT2D eigenvalue weighted by Gasteiger charge is -2.11. The Morgan fingerprint density at radius 3 is 2.30 bits per heavy atom. The van der Waals surface area contributed by atoms with Gasteiger partial charge in [-0.1, -0.05) is 30.3 Å². The van der Waals surface area contributed by atoms with Crippen LogP contribution in [0, 0.1) is 5.82 Å². The van der Waals surface area contributed by atoms with E-state index in [9.17, 15) is 14.0 Å². The molecule has 0 fully saturated rings. The number of benzene rings is 3. The fourth-order valence-corrected chi connectivity index (χ4v) is 4.17. The lowest BCUT2D eigenvalue weighted by Crippen LogP contribution is -2.24. The minimum absolute atomic E-state index is 0.122. The third-order valence-electron chi connectivity index (χ3n) is 5.91. The summed E-state index contributed by atoms with van der Waals surface area (Å²) < 4.78 is 27.1. The number of nitrogens with two attached hydrogens (primary N) is 1. The molecule has 0 bridgehead atoms. The van der Waals surface area contributed by atoms with E-state index < -0.39 is 17.4 Å². The van der Waals surface area contributed by atoms with Crippen LogP contribution in [-0.4, -0.2) is 39.2 Å². The molecular formula is C27H22FN5O4. The number of ether oxygens (including phenoxy) is 2. The highest BCUT2D eigenvalue weighted by atomic mass is 19.1. The van der Waals surface area contributed by atoms with Gasteiger partial charge in [0, 0.05) is 5.56 Å². The van der Waals surface area contributed by atoms with E-state index in [1.807, 2.05) is 30.3 Å². The van der Waals surface area contributed by atoms with E-state index in [1.165, 1.54) is 47.6 Å². The standard InChI is InChI=1S/C27H22FN5O4/c1-36-20-13-8-17(14-21(20)37-2)25-30-22(24(29)34)23-26(31-25)33(19-11-9-18(28)10-12-19)27(35)32(23)15-16-6-4-3-5-7-16/h3-14H,15H2,1-2H3,(H2,29,34). The number of rotatable bonds is 7. The summed E-state index contributed by atoms with van der Waals surface area (Å²) in [5.41, 5.74) is 7.19. The summed E-state index contributed by atoms with van der Waals surface area (Å²) in [7, 11) is 3.01. The average Bonchev–Trinajstić information content (AvgIpc) is 3.19. The maximum absolute atomic E-state index is 13.8. The first-order chi connectivity index (χ1) is 17.9. The number of nitrogens with zero attached hydrogens (tertiary/aromatic N) is 4. The van der Waals surface area contributed by atoms with Gasteiger partial charge in [0.1, 0.15) is 11.3 Å². The molecule has 0 aliphatic heterocycles. The number of methoxy groups -OCH3 is 2. The SMILES string of the molecule is COc1ccc(-c2nc(C(N)=O)c3c(n2)n(-c2ccc(F)cc2)c(=O)n3Cc2ccccc2)cc1OC. The number of halogens is 1. The number of hydrogen-bond donors (Lipinski definition) is 1. The molecular weight excluding hydrogens is 477 g/mol. The minimum Gasteiger partial charge on any atom is -0.493 e. The molecule has 0 saturated heterocycles. The molecule has 2 N–H and O–H groups in total. The van der Waals surface area contributed by atoms with E-state index in [1.54, 1.807) is 18.2 Å². The van der Waals surface area contributed by atoms with Gasteiger partial charge >= 0.3 is 5.69 Å². The third kappa shape index (κ3) is 4.29. The molecule has 9 nitrogen and oxygen atoms in total. The normalized spacial score (nSPS) is 11.0. The van der Waals surface area contributed by atoms with Gasteiger partial charge in [-0.3, -0.25) is 9.36 Å². The first-order valence-corrected chi connectivity index (χ1v) is 11.3. The summed E-state index contributed by atoms with van der Waals surface area (Å²) >= 11 is 0. The summed E-state index contributed by atoms with van der Waals surface area (Å²) in [6, 6.07) is 19.7. The fraction of sp³-hybridized carbons (Fsp3) is 0.111. The van der Waals surface area contributed by atoms with Crippen molar-refractivity contribution in [3.63, 3.8) is 0 Å². The fourth-order valence-electron chi connectivity index (χ4n) is 4.17. The third-order valence-corrected chi connectivity index (χ3v) is 5.91. The van der Waals surface area contributed by atoms with Gasteiger partial charge in [0.2, 0.25) is 0 Å². The van der Waals surface area contributed by atoms with Crippen molar-refractivity contribution in [2.75, 3.05) is 14.2 Å². The van der Waals surface area contributed by atoms with Crippen LogP contribution in [0.3, 0.4) is 0 Å². The van der Waals surface area contributed by atoms with Gasteiger partial charge < -0.3 is 15.2 Å². The summed E-state index contributed by atoms with van der Waals surface area (Å²) in [4.78, 5) is 35.5. The lowest BCUT2D eigenvalue weighted by atomic mass is 10.1. The smallest absolute Gasteiger partial charge is 0.335 e. The molecule has 186 valence electrons. The predicted molar refractivity (Wildman–Crippen MR) is 136 cm³/mol. The van der Waals surface area contributed by atoms with Crippen LogP contribution in [0.2, 0.25) is 0 Å². The van der Waals surface area contributed by atoms with Crippen LogP contribution in [0.1, 0.15) is 16.1 Å². The van der Waals surface area contributed by atoms with E-state index in [2.05, 4.69) is 9.97 Å². The van der Waals surface area contributed by atoms with E-state index >= 15 is 0 Å².